The van der Waals surface area contributed by atoms with E-state index in [1.54, 1.807) is 0 Å². The molecular formula is C18H28BrNO. The van der Waals surface area contributed by atoms with Gasteiger partial charge < -0.3 is 10.1 Å². The van der Waals surface area contributed by atoms with E-state index in [-0.39, 0.29) is 5.54 Å². The van der Waals surface area contributed by atoms with Crippen molar-refractivity contribution >= 4 is 15.9 Å². The number of ether oxygens (including phenoxy) is 1. The van der Waals surface area contributed by atoms with Crippen molar-refractivity contribution in [3.05, 3.63) is 28.7 Å². The Hall–Kier alpha value is -0.540. The van der Waals surface area contributed by atoms with Crippen LogP contribution in [0, 0.1) is 11.3 Å². The summed E-state index contributed by atoms with van der Waals surface area (Å²) in [5, 5.41) is 3.68. The summed E-state index contributed by atoms with van der Waals surface area (Å²) in [7, 11) is 0. The van der Waals surface area contributed by atoms with Crippen molar-refractivity contribution in [3.63, 3.8) is 0 Å². The van der Waals surface area contributed by atoms with E-state index in [0.717, 1.165) is 35.7 Å². The number of halogens is 1. The zero-order valence-corrected chi connectivity index (χ0v) is 15.3. The summed E-state index contributed by atoms with van der Waals surface area (Å²) in [4.78, 5) is 0. The molecule has 1 unspecified atom stereocenters. The van der Waals surface area contributed by atoms with Crippen LogP contribution in [0.4, 0.5) is 0 Å². The fourth-order valence-electron chi connectivity index (χ4n) is 2.62. The zero-order chi connectivity index (χ0) is 15.5. The highest BCUT2D eigenvalue weighted by molar-refractivity contribution is 9.10. The molecule has 1 aliphatic carbocycles. The van der Waals surface area contributed by atoms with Gasteiger partial charge in [-0.15, -0.1) is 0 Å². The number of hydrogen-bond acceptors (Lipinski definition) is 2. The molecular weight excluding hydrogens is 326 g/mol. The van der Waals surface area contributed by atoms with Crippen LogP contribution in [0.5, 0.6) is 5.75 Å². The van der Waals surface area contributed by atoms with Crippen LogP contribution in [-0.2, 0) is 0 Å². The lowest BCUT2D eigenvalue weighted by atomic mass is 9.81. The monoisotopic (exact) mass is 353 g/mol. The summed E-state index contributed by atoms with van der Waals surface area (Å²) in [6.07, 6.45) is 3.86. The summed E-state index contributed by atoms with van der Waals surface area (Å²) in [6, 6.07) is 8.09. The first-order valence-corrected chi connectivity index (χ1v) is 8.71. The van der Waals surface area contributed by atoms with Gasteiger partial charge in [0.1, 0.15) is 5.75 Å². The molecule has 1 aromatic carbocycles. The van der Waals surface area contributed by atoms with Crippen molar-refractivity contribution < 1.29 is 4.74 Å². The number of rotatable bonds is 7. The smallest absolute Gasteiger partial charge is 0.119 e. The Bertz CT molecular complexity index is 447. The SMILES string of the molecule is CC(C)(C)NCC(C)(CCOc1ccc(Br)cc1)C1CC1. The third kappa shape index (κ3) is 5.63. The fraction of sp³-hybridized carbons (Fsp3) is 0.667. The second-order valence-electron chi connectivity index (χ2n) is 7.58. The molecule has 1 N–H and O–H groups in total. The molecule has 2 rings (SSSR count). The normalized spacial score (nSPS) is 18.3. The van der Waals surface area contributed by atoms with Gasteiger partial charge in [0.2, 0.25) is 0 Å². The van der Waals surface area contributed by atoms with Gasteiger partial charge in [0.25, 0.3) is 0 Å². The van der Waals surface area contributed by atoms with Crippen molar-refractivity contribution in [3.8, 4) is 5.75 Å². The van der Waals surface area contributed by atoms with E-state index in [1.807, 2.05) is 24.3 Å². The summed E-state index contributed by atoms with van der Waals surface area (Å²) in [5.74, 6) is 1.82. The van der Waals surface area contributed by atoms with Crippen LogP contribution in [-0.4, -0.2) is 18.7 Å². The number of nitrogens with one attached hydrogen (secondary N) is 1. The van der Waals surface area contributed by atoms with E-state index in [1.165, 1.54) is 12.8 Å². The minimum absolute atomic E-state index is 0.183. The first-order chi connectivity index (χ1) is 9.78. The molecule has 0 radical (unpaired) electrons. The van der Waals surface area contributed by atoms with E-state index in [0.29, 0.717) is 5.41 Å². The van der Waals surface area contributed by atoms with Gasteiger partial charge >= 0.3 is 0 Å². The predicted octanol–water partition coefficient (Wildman–Crippen LogP) is 5.02. The minimum atomic E-state index is 0.183. The molecule has 0 aliphatic heterocycles. The molecule has 3 heteroatoms. The Labute approximate surface area is 137 Å². The Balaban J connectivity index is 1.83. The second-order valence-corrected chi connectivity index (χ2v) is 8.50. The van der Waals surface area contributed by atoms with Crippen molar-refractivity contribution in [2.24, 2.45) is 11.3 Å². The van der Waals surface area contributed by atoms with Crippen LogP contribution in [0.2, 0.25) is 0 Å². The summed E-state index contributed by atoms with van der Waals surface area (Å²) < 4.78 is 7.01. The molecule has 0 bridgehead atoms. The number of benzene rings is 1. The van der Waals surface area contributed by atoms with Gasteiger partial charge in [-0.3, -0.25) is 0 Å². The van der Waals surface area contributed by atoms with Crippen molar-refractivity contribution in [1.29, 1.82) is 0 Å². The fourth-order valence-corrected chi connectivity index (χ4v) is 2.88. The van der Waals surface area contributed by atoms with Crippen molar-refractivity contribution in [2.75, 3.05) is 13.2 Å². The van der Waals surface area contributed by atoms with E-state index in [9.17, 15) is 0 Å². The standard InChI is InChI=1S/C18H28BrNO/c1-17(2,3)20-13-18(4,14-5-6-14)11-12-21-16-9-7-15(19)8-10-16/h7-10,14,20H,5-6,11-13H2,1-4H3. The van der Waals surface area contributed by atoms with Gasteiger partial charge in [-0.05, 0) is 75.6 Å². The van der Waals surface area contributed by atoms with Gasteiger partial charge in [0.05, 0.1) is 6.61 Å². The molecule has 21 heavy (non-hydrogen) atoms. The minimum Gasteiger partial charge on any atom is -0.494 e. The molecule has 1 fully saturated rings. The Kier molecular flexibility index (Phi) is 5.37. The molecule has 1 aliphatic rings. The van der Waals surface area contributed by atoms with Gasteiger partial charge in [-0.2, -0.15) is 0 Å². The third-order valence-corrected chi connectivity index (χ3v) is 4.87. The van der Waals surface area contributed by atoms with Crippen LogP contribution in [0.3, 0.4) is 0 Å². The summed E-state index contributed by atoms with van der Waals surface area (Å²) >= 11 is 3.45. The van der Waals surface area contributed by atoms with Gasteiger partial charge in [0.15, 0.2) is 0 Å². The lowest BCUT2D eigenvalue weighted by molar-refractivity contribution is 0.167. The highest BCUT2D eigenvalue weighted by atomic mass is 79.9. The van der Waals surface area contributed by atoms with Gasteiger partial charge in [-0.25, -0.2) is 0 Å². The Morgan fingerprint density at radius 3 is 2.29 bits per heavy atom. The van der Waals surface area contributed by atoms with Crippen LogP contribution in [0.1, 0.15) is 47.0 Å². The summed E-state index contributed by atoms with van der Waals surface area (Å²) in [5.41, 5.74) is 0.533. The first-order valence-electron chi connectivity index (χ1n) is 7.92. The predicted molar refractivity (Wildman–Crippen MR) is 92.8 cm³/mol. The largest absolute Gasteiger partial charge is 0.494 e. The topological polar surface area (TPSA) is 21.3 Å². The highest BCUT2D eigenvalue weighted by Gasteiger charge is 2.41. The average molecular weight is 354 g/mol. The van der Waals surface area contributed by atoms with E-state index < -0.39 is 0 Å². The molecule has 0 aromatic heterocycles. The van der Waals surface area contributed by atoms with Gasteiger partial charge in [-0.1, -0.05) is 22.9 Å². The van der Waals surface area contributed by atoms with E-state index in [4.69, 9.17) is 4.74 Å². The average Bonchev–Trinajstić information content (AvgIpc) is 3.23. The molecule has 0 heterocycles. The molecule has 1 aromatic rings. The zero-order valence-electron chi connectivity index (χ0n) is 13.7. The number of hydrogen-bond donors (Lipinski definition) is 1. The molecule has 1 atom stereocenters. The maximum atomic E-state index is 5.92. The van der Waals surface area contributed by atoms with E-state index in [2.05, 4.69) is 48.9 Å². The highest BCUT2D eigenvalue weighted by Crippen LogP contribution is 2.47. The summed E-state index contributed by atoms with van der Waals surface area (Å²) in [6.45, 7) is 11.0. The Morgan fingerprint density at radius 1 is 1.14 bits per heavy atom. The Morgan fingerprint density at radius 2 is 1.76 bits per heavy atom. The molecule has 0 spiro atoms. The molecule has 0 amide bonds. The quantitative estimate of drug-likeness (QED) is 0.742. The molecule has 0 saturated heterocycles. The van der Waals surface area contributed by atoms with Crippen molar-refractivity contribution in [1.82, 2.24) is 5.32 Å². The molecule has 2 nitrogen and oxygen atoms in total. The first kappa shape index (κ1) is 16.8. The van der Waals surface area contributed by atoms with E-state index >= 15 is 0 Å². The van der Waals surface area contributed by atoms with Crippen LogP contribution in [0.25, 0.3) is 0 Å². The molecule has 118 valence electrons. The van der Waals surface area contributed by atoms with Crippen LogP contribution in [0.15, 0.2) is 28.7 Å². The second kappa shape index (κ2) is 6.70. The van der Waals surface area contributed by atoms with Crippen LogP contribution >= 0.6 is 15.9 Å². The molecule has 1 saturated carbocycles. The lowest BCUT2D eigenvalue weighted by Crippen LogP contribution is -2.44. The maximum absolute atomic E-state index is 5.92. The van der Waals surface area contributed by atoms with Crippen molar-refractivity contribution in [2.45, 2.75) is 52.5 Å². The van der Waals surface area contributed by atoms with Gasteiger partial charge in [0, 0.05) is 16.6 Å². The maximum Gasteiger partial charge on any atom is 0.119 e. The third-order valence-electron chi connectivity index (χ3n) is 4.34. The lowest BCUT2D eigenvalue weighted by Gasteiger charge is -2.34. The van der Waals surface area contributed by atoms with Crippen LogP contribution < -0.4 is 10.1 Å².